The highest BCUT2D eigenvalue weighted by Crippen LogP contribution is 2.31. The minimum Gasteiger partial charge on any atom is -0.382 e. The summed E-state index contributed by atoms with van der Waals surface area (Å²) < 4.78 is 48.9. The lowest BCUT2D eigenvalue weighted by Crippen LogP contribution is -2.52. The molecule has 2 unspecified atom stereocenters. The van der Waals surface area contributed by atoms with Crippen molar-refractivity contribution >= 4 is 55.8 Å². The number of aliphatic hydroxyl groups excluding tert-OH is 1. The molecule has 0 aliphatic carbocycles. The van der Waals surface area contributed by atoms with Crippen LogP contribution in [0.25, 0.3) is 21.0 Å². The third-order valence-corrected chi connectivity index (χ3v) is 6.99. The molecule has 0 radical (unpaired) electrons. The Morgan fingerprint density at radius 2 is 2.15 bits per heavy atom. The summed E-state index contributed by atoms with van der Waals surface area (Å²) in [5, 5.41) is 22.9. The van der Waals surface area contributed by atoms with Gasteiger partial charge < -0.3 is 25.9 Å². The van der Waals surface area contributed by atoms with Crippen LogP contribution >= 0.6 is 11.5 Å². The third kappa shape index (κ3) is 5.11. The average Bonchev–Trinajstić information content (AvgIpc) is 3.28. The molecule has 0 saturated carbocycles. The number of pyridine rings is 1. The number of ether oxygens (including phenoxy) is 1. The number of nitrogens with one attached hydrogen (secondary N) is 3. The lowest BCUT2D eigenvalue weighted by molar-refractivity contribution is -0.157. The first-order chi connectivity index (χ1) is 18.9. The molecule has 208 valence electrons. The van der Waals surface area contributed by atoms with Gasteiger partial charge in [0.25, 0.3) is 11.5 Å². The van der Waals surface area contributed by atoms with E-state index in [-0.39, 0.29) is 47.4 Å². The van der Waals surface area contributed by atoms with E-state index in [0.717, 1.165) is 28.7 Å². The number of H-pyrrole nitrogens is 1. The maximum Gasteiger partial charge on any atom is 0.433 e. The van der Waals surface area contributed by atoms with Crippen molar-refractivity contribution in [3.05, 3.63) is 64.1 Å². The number of anilines is 2. The summed E-state index contributed by atoms with van der Waals surface area (Å²) in [5.74, 6) is -0.969. The number of carbonyl (C=O) groups excluding carboxylic acids is 1. The van der Waals surface area contributed by atoms with Gasteiger partial charge >= 0.3 is 6.18 Å². The Balaban J connectivity index is 1.34. The first kappa shape index (κ1) is 27.2. The summed E-state index contributed by atoms with van der Waals surface area (Å²) in [5.41, 5.74) is 4.82. The smallest absolute Gasteiger partial charge is 0.382 e. The van der Waals surface area contributed by atoms with Crippen LogP contribution in [0, 0.1) is 5.41 Å². The Bertz CT molecular complexity index is 1730. The Kier molecular flexibility index (Phi) is 6.99. The number of hydrogen-bond acceptors (Lipinski definition) is 11. The number of halogens is 3. The molecule has 12 nitrogen and oxygen atoms in total. The Morgan fingerprint density at radius 1 is 1.38 bits per heavy atom. The number of alkyl halides is 3. The number of aromatic nitrogens is 4. The molecule has 0 bridgehead atoms. The van der Waals surface area contributed by atoms with Crippen molar-refractivity contribution in [2.45, 2.75) is 25.3 Å². The molecule has 16 heteroatoms. The fourth-order valence-corrected chi connectivity index (χ4v) is 5.08. The number of nitrogens with zero attached hydrogens (tertiary/aromatic N) is 4. The van der Waals surface area contributed by atoms with Gasteiger partial charge in [-0.15, -0.1) is 0 Å². The molecule has 3 aromatic heterocycles. The number of fused-ring (bicyclic) bond motifs is 3. The van der Waals surface area contributed by atoms with Gasteiger partial charge in [0, 0.05) is 23.0 Å². The largest absolute Gasteiger partial charge is 0.433 e. The second-order valence-electron chi connectivity index (χ2n) is 8.85. The molecule has 4 aromatic rings. The van der Waals surface area contributed by atoms with Crippen LogP contribution in [0.2, 0.25) is 0 Å². The van der Waals surface area contributed by atoms with Gasteiger partial charge in [-0.1, -0.05) is 0 Å². The minimum absolute atomic E-state index is 0.00933. The van der Waals surface area contributed by atoms with Crippen molar-refractivity contribution in [1.82, 2.24) is 24.2 Å². The van der Waals surface area contributed by atoms with Crippen LogP contribution in [-0.4, -0.2) is 60.3 Å². The number of aromatic amines is 1. The molecule has 1 amide bonds. The van der Waals surface area contributed by atoms with Crippen LogP contribution in [0.5, 0.6) is 0 Å². The SMILES string of the molecule is C/C(=C/C(=N)N1CCOC(C(O)c2nc(=O)c3c(ccc4c(N)nsc43)[nH]2)C1=O)Nc1ccnc(C(F)(F)F)c1. The molecule has 1 fully saturated rings. The summed E-state index contributed by atoms with van der Waals surface area (Å²) in [7, 11) is 0. The van der Waals surface area contributed by atoms with Crippen molar-refractivity contribution in [2.24, 2.45) is 0 Å². The molecule has 6 N–H and O–H groups in total. The number of nitrogens with two attached hydrogens (primary N) is 1. The predicted molar refractivity (Wildman–Crippen MR) is 141 cm³/mol. The summed E-state index contributed by atoms with van der Waals surface area (Å²) in [6, 6.07) is 5.41. The zero-order valence-electron chi connectivity index (χ0n) is 20.6. The highest BCUT2D eigenvalue weighted by molar-refractivity contribution is 7.14. The monoisotopic (exact) mass is 574 g/mol. The lowest BCUT2D eigenvalue weighted by Gasteiger charge is -2.33. The number of nitrogen functional groups attached to an aromatic ring is 1. The summed E-state index contributed by atoms with van der Waals surface area (Å²) in [6.07, 6.45) is -5.51. The molecule has 40 heavy (non-hydrogen) atoms. The molecular formula is C24H21F3N8O4S. The summed E-state index contributed by atoms with van der Waals surface area (Å²) in [6.45, 7) is 1.47. The molecule has 4 heterocycles. The number of rotatable bonds is 5. The molecule has 0 spiro atoms. The molecular weight excluding hydrogens is 553 g/mol. The van der Waals surface area contributed by atoms with Gasteiger partial charge in [-0.25, -0.2) is 0 Å². The number of hydrogen-bond donors (Lipinski definition) is 5. The molecule has 2 atom stereocenters. The lowest BCUT2D eigenvalue weighted by atomic mass is 10.1. The molecule has 5 rings (SSSR count). The number of amidine groups is 1. The van der Waals surface area contributed by atoms with E-state index in [0.29, 0.717) is 15.6 Å². The van der Waals surface area contributed by atoms with E-state index in [2.05, 4.69) is 24.6 Å². The molecule has 1 saturated heterocycles. The topological polar surface area (TPSA) is 183 Å². The van der Waals surface area contributed by atoms with Crippen LogP contribution in [0.4, 0.5) is 24.7 Å². The van der Waals surface area contributed by atoms with E-state index in [1.165, 1.54) is 19.1 Å². The van der Waals surface area contributed by atoms with Gasteiger partial charge in [0.2, 0.25) is 0 Å². The zero-order chi connectivity index (χ0) is 28.8. The quantitative estimate of drug-likeness (QED) is 0.177. The van der Waals surface area contributed by atoms with Crippen molar-refractivity contribution in [1.29, 1.82) is 5.41 Å². The van der Waals surface area contributed by atoms with E-state index in [9.17, 15) is 27.9 Å². The number of aliphatic hydroxyl groups is 1. The van der Waals surface area contributed by atoms with E-state index < -0.39 is 35.5 Å². The normalized spacial score (nSPS) is 17.4. The van der Waals surface area contributed by atoms with Gasteiger partial charge in [0.15, 0.2) is 6.10 Å². The summed E-state index contributed by atoms with van der Waals surface area (Å²) in [4.78, 5) is 37.2. The predicted octanol–water partition coefficient (Wildman–Crippen LogP) is 2.78. The number of allylic oxidation sites excluding steroid dienone is 1. The molecule has 1 aliphatic heterocycles. The van der Waals surface area contributed by atoms with E-state index >= 15 is 0 Å². The highest BCUT2D eigenvalue weighted by Gasteiger charge is 2.38. The Hall–Kier alpha value is -4.41. The fourth-order valence-electron chi connectivity index (χ4n) is 4.24. The molecule has 1 aliphatic rings. The van der Waals surface area contributed by atoms with Gasteiger partial charge in [-0.05, 0) is 48.8 Å². The van der Waals surface area contributed by atoms with Gasteiger partial charge in [0.05, 0.1) is 28.8 Å². The van der Waals surface area contributed by atoms with Gasteiger partial charge in [-0.3, -0.25) is 24.9 Å². The van der Waals surface area contributed by atoms with Gasteiger partial charge in [0.1, 0.15) is 29.3 Å². The molecule has 1 aromatic carbocycles. The maximum atomic E-state index is 13.2. The third-order valence-electron chi connectivity index (χ3n) is 6.09. The standard InChI is InChI=1S/C24H21F3N8O4S/c1-10(31-11-4-5-30-14(9-11)24(25,26)27)8-15(28)35-6-7-39-18(23(35)38)17(36)21-32-13-3-2-12-19(40-34-20(12)29)16(13)22(37)33-21/h2-5,8-9,17-18,28,36H,6-7H2,1H3,(H2,29,34)(H,30,31)(H,32,33,37)/b10-8-,28-15?. The van der Waals surface area contributed by atoms with Crippen molar-refractivity contribution in [3.8, 4) is 0 Å². The van der Waals surface area contributed by atoms with E-state index in [1.54, 1.807) is 12.1 Å². The number of amides is 1. The maximum absolute atomic E-state index is 13.2. The van der Waals surface area contributed by atoms with Gasteiger partial charge in [-0.2, -0.15) is 22.5 Å². The van der Waals surface area contributed by atoms with Crippen LogP contribution in [0.15, 0.2) is 47.0 Å². The van der Waals surface area contributed by atoms with Crippen molar-refractivity contribution in [2.75, 3.05) is 24.2 Å². The number of carbonyl (C=O) groups is 1. The highest BCUT2D eigenvalue weighted by atomic mass is 32.1. The average molecular weight is 575 g/mol. The van der Waals surface area contributed by atoms with Crippen molar-refractivity contribution in [3.63, 3.8) is 0 Å². The zero-order valence-corrected chi connectivity index (χ0v) is 21.4. The van der Waals surface area contributed by atoms with E-state index in [4.69, 9.17) is 15.9 Å². The number of benzene rings is 1. The number of morpholine rings is 1. The Morgan fingerprint density at radius 3 is 2.90 bits per heavy atom. The summed E-state index contributed by atoms with van der Waals surface area (Å²) >= 11 is 1.04. The first-order valence-corrected chi connectivity index (χ1v) is 12.5. The van der Waals surface area contributed by atoms with Crippen LogP contribution < -0.4 is 16.6 Å². The fraction of sp³-hybridized carbons (Fsp3) is 0.250. The minimum atomic E-state index is -4.62. The van der Waals surface area contributed by atoms with Crippen molar-refractivity contribution < 1.29 is 27.8 Å². The second kappa shape index (κ2) is 10.3. The first-order valence-electron chi connectivity index (χ1n) is 11.7. The van der Waals surface area contributed by atoms with Crippen LogP contribution in [-0.2, 0) is 15.7 Å². The second-order valence-corrected chi connectivity index (χ2v) is 9.62. The Labute approximate surface area is 227 Å². The van der Waals surface area contributed by atoms with Crippen LogP contribution in [0.3, 0.4) is 0 Å². The van der Waals surface area contributed by atoms with E-state index in [1.807, 2.05) is 0 Å². The van der Waals surface area contributed by atoms with Crippen LogP contribution in [0.1, 0.15) is 24.5 Å².